The van der Waals surface area contributed by atoms with Gasteiger partial charge in [0.2, 0.25) is 22.3 Å². The van der Waals surface area contributed by atoms with Crippen LogP contribution in [-0.2, 0) is 41.5 Å². The fourth-order valence-corrected chi connectivity index (χ4v) is 7.39. The van der Waals surface area contributed by atoms with Gasteiger partial charge in [-0.1, -0.05) is 91.0 Å². The standard InChI is InChI=1S/C35H26N4O6S2/c40-32-30(33(41)37(27-18-8-2-9-19-27)46(44)36(32)26-16-6-1-7-17-26)24-14-5-15-25-31-34(42)38(28-20-10-3-11-21-28)47(45)39(35(31)43)29-22-12-4-13-23-29/h1-14,16-25H,15H2. The highest BCUT2D eigenvalue weighted by atomic mass is 32.2. The van der Waals surface area contributed by atoms with Gasteiger partial charge in [-0.25, -0.2) is 25.6 Å². The lowest BCUT2D eigenvalue weighted by Crippen LogP contribution is -2.53. The summed E-state index contributed by atoms with van der Waals surface area (Å²) in [6.45, 7) is 0. The normalized spacial score (nSPS) is 18.7. The molecule has 0 unspecified atom stereocenters. The van der Waals surface area contributed by atoms with Crippen LogP contribution in [0.4, 0.5) is 22.7 Å². The molecule has 2 fully saturated rings. The molecule has 234 valence electrons. The van der Waals surface area contributed by atoms with Crippen molar-refractivity contribution in [2.75, 3.05) is 17.2 Å². The SMILES string of the molecule is O=C1C(=CC=CCC=C2C(=O)N(c3ccccc3)S(=O)N(c3ccccc3)C2=O)C(=O)N(c2ccccc2)S(=O)N1c1ccccc1. The van der Waals surface area contributed by atoms with E-state index in [4.69, 9.17) is 0 Å². The molecule has 0 atom stereocenters. The van der Waals surface area contributed by atoms with Gasteiger partial charge in [0.15, 0.2) is 0 Å². The molecule has 4 amide bonds. The maximum Gasteiger partial charge on any atom is 0.277 e. The number of anilines is 4. The van der Waals surface area contributed by atoms with Crippen LogP contribution in [-0.4, -0.2) is 32.0 Å². The molecule has 2 saturated heterocycles. The monoisotopic (exact) mass is 662 g/mol. The van der Waals surface area contributed by atoms with Gasteiger partial charge in [0.05, 0.1) is 22.7 Å². The Morgan fingerprint density at radius 2 is 0.745 bits per heavy atom. The molecule has 0 aliphatic carbocycles. The van der Waals surface area contributed by atoms with E-state index in [1.165, 1.54) is 18.2 Å². The first-order valence-electron chi connectivity index (χ1n) is 14.4. The van der Waals surface area contributed by atoms with Crippen LogP contribution in [0.1, 0.15) is 6.42 Å². The Labute approximate surface area is 276 Å². The van der Waals surface area contributed by atoms with Crippen molar-refractivity contribution in [3.8, 4) is 0 Å². The smallest absolute Gasteiger partial charge is 0.267 e. The van der Waals surface area contributed by atoms with Crippen molar-refractivity contribution in [3.63, 3.8) is 0 Å². The minimum atomic E-state index is -2.18. The zero-order chi connectivity index (χ0) is 32.9. The number of carbonyl (C=O) groups excluding carboxylic acids is 4. The highest BCUT2D eigenvalue weighted by molar-refractivity contribution is 7.90. The predicted octanol–water partition coefficient (Wildman–Crippen LogP) is 5.10. The summed E-state index contributed by atoms with van der Waals surface area (Å²) in [6, 6.07) is 33.6. The van der Waals surface area contributed by atoms with Gasteiger partial charge in [-0.3, -0.25) is 19.2 Å². The quantitative estimate of drug-likeness (QED) is 0.201. The number of allylic oxidation sites excluding steroid dienone is 4. The molecule has 2 aliphatic rings. The van der Waals surface area contributed by atoms with Crippen molar-refractivity contribution in [2.45, 2.75) is 6.42 Å². The van der Waals surface area contributed by atoms with Gasteiger partial charge in [0, 0.05) is 0 Å². The predicted molar refractivity (Wildman–Crippen MR) is 182 cm³/mol. The third kappa shape index (κ3) is 6.11. The molecule has 10 nitrogen and oxygen atoms in total. The number of hydrogen-bond donors (Lipinski definition) is 0. The molecule has 0 radical (unpaired) electrons. The van der Waals surface area contributed by atoms with Crippen LogP contribution in [0.5, 0.6) is 0 Å². The van der Waals surface area contributed by atoms with E-state index in [1.54, 1.807) is 127 Å². The van der Waals surface area contributed by atoms with E-state index in [0.717, 1.165) is 17.2 Å². The topological polar surface area (TPSA) is 115 Å². The fraction of sp³-hybridized carbons (Fsp3) is 0.0286. The third-order valence-corrected chi connectivity index (χ3v) is 9.86. The van der Waals surface area contributed by atoms with E-state index in [0.29, 0.717) is 22.7 Å². The molecule has 4 aromatic rings. The van der Waals surface area contributed by atoms with Crippen molar-refractivity contribution < 1.29 is 27.6 Å². The highest BCUT2D eigenvalue weighted by Crippen LogP contribution is 2.32. The van der Waals surface area contributed by atoms with Gasteiger partial charge in [0.25, 0.3) is 23.6 Å². The first-order chi connectivity index (χ1) is 22.9. The molecule has 0 spiro atoms. The van der Waals surface area contributed by atoms with E-state index in [-0.39, 0.29) is 17.6 Å². The Kier molecular flexibility index (Phi) is 9.13. The van der Waals surface area contributed by atoms with Crippen LogP contribution in [0.3, 0.4) is 0 Å². The summed E-state index contributed by atoms with van der Waals surface area (Å²) in [6.07, 6.45) is 5.82. The number of carbonyl (C=O) groups is 4. The Morgan fingerprint density at radius 3 is 1.06 bits per heavy atom. The molecule has 6 rings (SSSR count). The van der Waals surface area contributed by atoms with Crippen LogP contribution < -0.4 is 17.2 Å². The van der Waals surface area contributed by atoms with Gasteiger partial charge < -0.3 is 0 Å². The average Bonchev–Trinajstić information content (AvgIpc) is 3.09. The molecule has 0 bridgehead atoms. The van der Waals surface area contributed by atoms with Crippen LogP contribution in [0, 0.1) is 0 Å². The first-order valence-corrected chi connectivity index (χ1v) is 16.5. The number of para-hydroxylation sites is 4. The summed E-state index contributed by atoms with van der Waals surface area (Å²) in [7, 11) is 0. The molecule has 12 heteroatoms. The second kappa shape index (κ2) is 13.7. The minimum Gasteiger partial charge on any atom is -0.267 e. The summed E-state index contributed by atoms with van der Waals surface area (Å²) in [4.78, 5) is 54.2. The zero-order valence-electron chi connectivity index (χ0n) is 24.6. The second-order valence-electron chi connectivity index (χ2n) is 10.1. The highest BCUT2D eigenvalue weighted by Gasteiger charge is 2.44. The number of benzene rings is 4. The Hall–Kier alpha value is -5.72. The average molecular weight is 663 g/mol. The summed E-state index contributed by atoms with van der Waals surface area (Å²) in [5, 5.41) is 0. The molecule has 0 aromatic heterocycles. The van der Waals surface area contributed by atoms with Crippen molar-refractivity contribution in [2.24, 2.45) is 0 Å². The lowest BCUT2D eigenvalue weighted by atomic mass is 10.1. The maximum absolute atomic E-state index is 13.6. The molecule has 47 heavy (non-hydrogen) atoms. The van der Waals surface area contributed by atoms with Crippen LogP contribution in [0.25, 0.3) is 0 Å². The molecule has 2 aliphatic heterocycles. The maximum atomic E-state index is 13.6. The van der Waals surface area contributed by atoms with Crippen LogP contribution >= 0.6 is 0 Å². The number of rotatable bonds is 7. The lowest BCUT2D eigenvalue weighted by molar-refractivity contribution is -0.122. The summed E-state index contributed by atoms with van der Waals surface area (Å²) in [5.41, 5.74) is 0.983. The van der Waals surface area contributed by atoms with E-state index in [2.05, 4.69) is 0 Å². The number of nitrogens with zero attached hydrogens (tertiary/aromatic N) is 4. The number of amides is 4. The van der Waals surface area contributed by atoms with E-state index >= 15 is 0 Å². The molecule has 4 aromatic carbocycles. The van der Waals surface area contributed by atoms with E-state index in [1.807, 2.05) is 0 Å². The Bertz CT molecular complexity index is 1860. The molecular formula is C35H26N4O6S2. The Morgan fingerprint density at radius 1 is 0.447 bits per heavy atom. The molecule has 0 N–H and O–H groups in total. The van der Waals surface area contributed by atoms with Crippen molar-refractivity contribution >= 4 is 68.7 Å². The largest absolute Gasteiger partial charge is 0.277 e. The summed E-state index contributed by atoms with van der Waals surface area (Å²) < 4.78 is 31.3. The molecule has 0 saturated carbocycles. The summed E-state index contributed by atoms with van der Waals surface area (Å²) in [5.74, 6) is -2.94. The fourth-order valence-electron chi connectivity index (χ4n) is 4.90. The van der Waals surface area contributed by atoms with Crippen molar-refractivity contribution in [1.82, 2.24) is 0 Å². The van der Waals surface area contributed by atoms with Crippen LogP contribution in [0.15, 0.2) is 157 Å². The second-order valence-corrected chi connectivity index (χ2v) is 12.4. The third-order valence-electron chi connectivity index (χ3n) is 7.10. The van der Waals surface area contributed by atoms with Crippen molar-refractivity contribution in [1.29, 1.82) is 0 Å². The lowest BCUT2D eigenvalue weighted by Gasteiger charge is -2.34. The van der Waals surface area contributed by atoms with Gasteiger partial charge in [0.1, 0.15) is 11.1 Å². The minimum absolute atomic E-state index is 0.0631. The zero-order valence-corrected chi connectivity index (χ0v) is 26.3. The van der Waals surface area contributed by atoms with Crippen LogP contribution in [0.2, 0.25) is 0 Å². The Balaban J connectivity index is 1.31. The first kappa shape index (κ1) is 31.3. The van der Waals surface area contributed by atoms with E-state index in [9.17, 15) is 27.6 Å². The van der Waals surface area contributed by atoms with E-state index < -0.39 is 46.0 Å². The molecule has 2 heterocycles. The van der Waals surface area contributed by atoms with Gasteiger partial charge in [-0.15, -0.1) is 0 Å². The van der Waals surface area contributed by atoms with Gasteiger partial charge >= 0.3 is 0 Å². The number of hydrogen-bond acceptors (Lipinski definition) is 6. The summed E-state index contributed by atoms with van der Waals surface area (Å²) >= 11 is -4.35. The van der Waals surface area contributed by atoms with Gasteiger partial charge in [-0.05, 0) is 61.0 Å². The van der Waals surface area contributed by atoms with Gasteiger partial charge in [-0.2, -0.15) is 0 Å². The van der Waals surface area contributed by atoms with Crippen molar-refractivity contribution in [3.05, 3.63) is 157 Å². The molecular weight excluding hydrogens is 637 g/mol.